The van der Waals surface area contributed by atoms with Crippen molar-refractivity contribution in [3.05, 3.63) is 104 Å². The van der Waals surface area contributed by atoms with Crippen molar-refractivity contribution in [2.24, 2.45) is 0 Å². The number of hydrogen-bond acceptors (Lipinski definition) is 2. The summed E-state index contributed by atoms with van der Waals surface area (Å²) in [7, 11) is 0. The number of para-hydroxylation sites is 2. The third kappa shape index (κ3) is 2.61. The van der Waals surface area contributed by atoms with Gasteiger partial charge in [0, 0.05) is 32.4 Å². The maximum Gasteiger partial charge on any atom is 0.150 e. The van der Waals surface area contributed by atoms with Crippen molar-refractivity contribution < 1.29 is 8.83 Å². The molecule has 4 heteroatoms. The van der Waals surface area contributed by atoms with Gasteiger partial charge in [-0.3, -0.25) is 0 Å². The summed E-state index contributed by atoms with van der Waals surface area (Å²) in [5.41, 5.74) is 14.0. The van der Waals surface area contributed by atoms with Crippen LogP contribution in [0.1, 0.15) is 49.9 Å². The number of halogens is 2. The Labute approximate surface area is 248 Å². The normalized spacial score (nSPS) is 16.1. The first kappa shape index (κ1) is 23.4. The highest BCUT2D eigenvalue weighted by atomic mass is 79.9. The van der Waals surface area contributed by atoms with E-state index >= 15 is 0 Å². The monoisotopic (exact) mass is 646 g/mol. The molecular formula is C36H24Br2O2. The van der Waals surface area contributed by atoms with Crippen LogP contribution in [0.3, 0.4) is 0 Å². The Kier molecular flexibility index (Phi) is 4.26. The van der Waals surface area contributed by atoms with E-state index in [1.165, 1.54) is 55.3 Å². The highest BCUT2D eigenvalue weighted by molar-refractivity contribution is 9.11. The molecule has 0 aliphatic heterocycles. The van der Waals surface area contributed by atoms with Crippen LogP contribution in [0, 0.1) is 0 Å². The fourth-order valence-electron chi connectivity index (χ4n) is 7.60. The van der Waals surface area contributed by atoms with E-state index in [0.717, 1.165) is 42.0 Å². The molecule has 0 saturated carbocycles. The molecule has 2 aliphatic rings. The van der Waals surface area contributed by atoms with Crippen molar-refractivity contribution in [2.75, 3.05) is 0 Å². The van der Waals surface area contributed by atoms with Gasteiger partial charge in [-0.1, -0.05) is 64.1 Å². The minimum absolute atomic E-state index is 0.172. The first-order valence-corrected chi connectivity index (χ1v) is 15.2. The Morgan fingerprint density at radius 1 is 0.525 bits per heavy atom. The molecule has 0 atom stereocenters. The number of benzene rings is 5. The maximum atomic E-state index is 6.41. The Morgan fingerprint density at radius 2 is 0.925 bits per heavy atom. The summed E-state index contributed by atoms with van der Waals surface area (Å²) in [6, 6.07) is 26.3. The second-order valence-electron chi connectivity index (χ2n) is 12.4. The van der Waals surface area contributed by atoms with Gasteiger partial charge < -0.3 is 8.83 Å². The fraction of sp³-hybridized carbons (Fsp3) is 0.167. The number of furan rings is 2. The molecule has 0 N–H and O–H groups in total. The van der Waals surface area contributed by atoms with Crippen LogP contribution >= 0.6 is 31.9 Å². The summed E-state index contributed by atoms with van der Waals surface area (Å²) < 4.78 is 14.8. The van der Waals surface area contributed by atoms with Gasteiger partial charge in [0.25, 0.3) is 0 Å². The lowest BCUT2D eigenvalue weighted by Crippen LogP contribution is -2.17. The van der Waals surface area contributed by atoms with E-state index in [1.54, 1.807) is 0 Å². The molecular weight excluding hydrogens is 624 g/mol. The fourth-order valence-corrected chi connectivity index (χ4v) is 8.62. The van der Waals surface area contributed by atoms with Gasteiger partial charge in [-0.15, -0.1) is 0 Å². The Hall–Kier alpha value is -3.34. The molecule has 0 spiro atoms. The smallest absolute Gasteiger partial charge is 0.150 e. The zero-order valence-electron chi connectivity index (χ0n) is 22.5. The first-order valence-electron chi connectivity index (χ1n) is 13.7. The maximum absolute atomic E-state index is 6.41. The number of rotatable bonds is 0. The van der Waals surface area contributed by atoms with E-state index in [2.05, 4.69) is 120 Å². The molecule has 2 aromatic heterocycles. The third-order valence-electron chi connectivity index (χ3n) is 9.60. The SMILES string of the molecule is CC1(C)c2cc3c(cc2-c2c1cc(Br)c1oc4ccccc4c21)C(C)(C)c1cc(Br)c2oc4ccccc4c2c1-3. The van der Waals surface area contributed by atoms with Crippen molar-refractivity contribution >= 4 is 75.7 Å². The molecule has 9 rings (SSSR count). The summed E-state index contributed by atoms with van der Waals surface area (Å²) >= 11 is 7.72. The van der Waals surface area contributed by atoms with Crippen LogP contribution in [0.25, 0.3) is 66.1 Å². The highest BCUT2D eigenvalue weighted by Gasteiger charge is 2.44. The van der Waals surface area contributed by atoms with Gasteiger partial charge in [-0.2, -0.15) is 0 Å². The van der Waals surface area contributed by atoms with E-state index in [4.69, 9.17) is 8.83 Å². The molecule has 0 unspecified atom stereocenters. The van der Waals surface area contributed by atoms with E-state index in [1.807, 2.05) is 12.1 Å². The minimum Gasteiger partial charge on any atom is -0.455 e. The van der Waals surface area contributed by atoms with E-state index in [9.17, 15) is 0 Å². The number of fused-ring (bicyclic) bond motifs is 14. The minimum atomic E-state index is -0.172. The van der Waals surface area contributed by atoms with Crippen LogP contribution in [0.4, 0.5) is 0 Å². The quantitative estimate of drug-likeness (QED) is 0.164. The average molecular weight is 648 g/mol. The lowest BCUT2D eigenvalue weighted by molar-refractivity contribution is 0.648. The zero-order valence-corrected chi connectivity index (χ0v) is 25.7. The van der Waals surface area contributed by atoms with Crippen molar-refractivity contribution in [3.8, 4) is 22.3 Å². The lowest BCUT2D eigenvalue weighted by atomic mass is 9.79. The summed E-state index contributed by atoms with van der Waals surface area (Å²) in [4.78, 5) is 0. The standard InChI is InChI=1S/C36H24Br2O2/c1-35(2)21-13-20-22(14-19(21)29-23(35)15-25(37)33-31(29)17-9-5-7-11-27(17)39-33)36(3,4)24-16-26(38)34-32(30(20)24)18-10-6-8-12-28(18)40-34/h5-16H,1-4H3. The molecule has 0 bridgehead atoms. The summed E-state index contributed by atoms with van der Waals surface area (Å²) in [5, 5.41) is 4.73. The van der Waals surface area contributed by atoms with E-state index < -0.39 is 0 Å². The van der Waals surface area contributed by atoms with Crippen molar-refractivity contribution in [1.82, 2.24) is 0 Å². The molecule has 7 aromatic rings. The largest absolute Gasteiger partial charge is 0.455 e. The molecule has 0 radical (unpaired) electrons. The van der Waals surface area contributed by atoms with E-state index in [-0.39, 0.29) is 10.8 Å². The molecule has 2 heterocycles. The second kappa shape index (κ2) is 7.29. The molecule has 0 amide bonds. The predicted molar refractivity (Wildman–Crippen MR) is 172 cm³/mol. The number of hydrogen-bond donors (Lipinski definition) is 0. The molecule has 40 heavy (non-hydrogen) atoms. The van der Waals surface area contributed by atoms with Gasteiger partial charge in [0.05, 0.1) is 8.95 Å². The van der Waals surface area contributed by atoms with Crippen LogP contribution in [0.15, 0.2) is 90.6 Å². The van der Waals surface area contributed by atoms with Gasteiger partial charge in [-0.25, -0.2) is 0 Å². The van der Waals surface area contributed by atoms with Crippen molar-refractivity contribution in [3.63, 3.8) is 0 Å². The first-order chi connectivity index (χ1) is 19.2. The van der Waals surface area contributed by atoms with Crippen LogP contribution in [-0.4, -0.2) is 0 Å². The topological polar surface area (TPSA) is 26.3 Å². The predicted octanol–water partition coefficient (Wildman–Crippen LogP) is 11.6. The second-order valence-corrected chi connectivity index (χ2v) is 14.1. The van der Waals surface area contributed by atoms with Gasteiger partial charge in [0.2, 0.25) is 0 Å². The van der Waals surface area contributed by atoms with Crippen LogP contribution < -0.4 is 0 Å². The lowest BCUT2D eigenvalue weighted by Gasteiger charge is -2.24. The van der Waals surface area contributed by atoms with Gasteiger partial charge in [-0.05, 0) is 113 Å². The van der Waals surface area contributed by atoms with E-state index in [0.29, 0.717) is 0 Å². The molecule has 0 saturated heterocycles. The zero-order chi connectivity index (χ0) is 27.3. The van der Waals surface area contributed by atoms with Crippen LogP contribution in [0.5, 0.6) is 0 Å². The van der Waals surface area contributed by atoms with Gasteiger partial charge >= 0.3 is 0 Å². The molecule has 2 aliphatic carbocycles. The summed E-state index contributed by atoms with van der Waals surface area (Å²) in [5.74, 6) is 0. The Balaban J connectivity index is 1.44. The van der Waals surface area contributed by atoms with Gasteiger partial charge in [0.15, 0.2) is 0 Å². The van der Waals surface area contributed by atoms with Crippen molar-refractivity contribution in [1.29, 1.82) is 0 Å². The molecule has 2 nitrogen and oxygen atoms in total. The average Bonchev–Trinajstić information content (AvgIpc) is 3.62. The Bertz CT molecular complexity index is 2130. The molecule has 0 fully saturated rings. The molecule has 5 aromatic carbocycles. The summed E-state index contributed by atoms with van der Waals surface area (Å²) in [6.45, 7) is 9.43. The third-order valence-corrected chi connectivity index (χ3v) is 10.8. The van der Waals surface area contributed by atoms with Gasteiger partial charge in [0.1, 0.15) is 22.3 Å². The Morgan fingerprint density at radius 3 is 1.35 bits per heavy atom. The van der Waals surface area contributed by atoms with Crippen molar-refractivity contribution in [2.45, 2.75) is 38.5 Å². The summed E-state index contributed by atoms with van der Waals surface area (Å²) in [6.07, 6.45) is 0. The molecule has 194 valence electrons. The van der Waals surface area contributed by atoms with Crippen LogP contribution in [-0.2, 0) is 10.8 Å². The highest BCUT2D eigenvalue weighted by Crippen LogP contribution is 2.60. The van der Waals surface area contributed by atoms with Crippen LogP contribution in [0.2, 0.25) is 0 Å².